The maximum Gasteiger partial charge on any atom is 0.183 e. The molecule has 0 radical (unpaired) electrons. The van der Waals surface area contributed by atoms with Gasteiger partial charge in [0.2, 0.25) is 0 Å². The third-order valence-corrected chi connectivity index (χ3v) is 9.79. The zero-order valence-electron chi connectivity index (χ0n) is 20.9. The van der Waals surface area contributed by atoms with E-state index in [0.717, 1.165) is 61.3 Å². The summed E-state index contributed by atoms with van der Waals surface area (Å²) < 4.78 is 12.2. The monoisotopic (exact) mass is 457 g/mol. The van der Waals surface area contributed by atoms with E-state index in [-0.39, 0.29) is 0 Å². The SMILES string of the molecule is CCc1cc2c(cc1OCc1ccccc1)CCC1C2CC[C@@]2(C)C1CC[C@@H]2CC1=NCCO1. The highest BCUT2D eigenvalue weighted by molar-refractivity contribution is 5.77. The van der Waals surface area contributed by atoms with Crippen molar-refractivity contribution in [2.45, 2.75) is 77.7 Å². The van der Waals surface area contributed by atoms with E-state index >= 15 is 0 Å². The predicted octanol–water partition coefficient (Wildman–Crippen LogP) is 7.12. The topological polar surface area (TPSA) is 30.8 Å². The molecule has 0 amide bonds. The lowest BCUT2D eigenvalue weighted by Crippen LogP contribution is -2.42. The molecule has 3 unspecified atom stereocenters. The van der Waals surface area contributed by atoms with Gasteiger partial charge in [-0.05, 0) is 102 Å². The fraction of sp³-hybridized carbons (Fsp3) is 0.581. The molecule has 6 rings (SSSR count). The minimum atomic E-state index is 0.458. The van der Waals surface area contributed by atoms with Crippen LogP contribution < -0.4 is 4.74 Å². The number of ether oxygens (including phenoxy) is 2. The molecule has 4 aliphatic rings. The third-order valence-electron chi connectivity index (χ3n) is 9.79. The Hall–Kier alpha value is -2.29. The second-order valence-electron chi connectivity index (χ2n) is 11.3. The van der Waals surface area contributed by atoms with Gasteiger partial charge >= 0.3 is 0 Å². The van der Waals surface area contributed by atoms with Crippen LogP contribution in [0.15, 0.2) is 47.5 Å². The van der Waals surface area contributed by atoms with Crippen LogP contribution in [0.5, 0.6) is 5.75 Å². The van der Waals surface area contributed by atoms with E-state index in [1.54, 1.807) is 11.1 Å². The minimum Gasteiger partial charge on any atom is -0.489 e. The van der Waals surface area contributed by atoms with Crippen molar-refractivity contribution in [3.05, 3.63) is 64.7 Å². The van der Waals surface area contributed by atoms with E-state index in [1.807, 2.05) is 0 Å². The first-order chi connectivity index (χ1) is 16.7. The van der Waals surface area contributed by atoms with Gasteiger partial charge in [-0.2, -0.15) is 0 Å². The number of aliphatic imine (C=N–C) groups is 1. The molecular formula is C31H39NO2. The van der Waals surface area contributed by atoms with Gasteiger partial charge in [-0.1, -0.05) is 50.2 Å². The van der Waals surface area contributed by atoms with Gasteiger partial charge < -0.3 is 9.47 Å². The van der Waals surface area contributed by atoms with E-state index in [0.29, 0.717) is 12.0 Å². The lowest BCUT2D eigenvalue weighted by atomic mass is 9.54. The first-order valence-electron chi connectivity index (χ1n) is 13.6. The molecule has 2 aromatic rings. The average Bonchev–Trinajstić information content (AvgIpc) is 3.50. The number of aryl methyl sites for hydroxylation is 2. The summed E-state index contributed by atoms with van der Waals surface area (Å²) in [6, 6.07) is 15.5. The van der Waals surface area contributed by atoms with Crippen molar-refractivity contribution in [3.8, 4) is 5.75 Å². The summed E-state index contributed by atoms with van der Waals surface area (Å²) in [5.74, 6) is 5.31. The molecule has 3 aliphatic carbocycles. The molecule has 0 bridgehead atoms. The van der Waals surface area contributed by atoms with Crippen molar-refractivity contribution >= 4 is 5.90 Å². The molecule has 0 saturated heterocycles. The Morgan fingerprint density at radius 2 is 1.97 bits per heavy atom. The van der Waals surface area contributed by atoms with Crippen molar-refractivity contribution in [2.75, 3.05) is 13.2 Å². The Morgan fingerprint density at radius 3 is 2.76 bits per heavy atom. The molecular weight excluding hydrogens is 418 g/mol. The van der Waals surface area contributed by atoms with Gasteiger partial charge in [-0.15, -0.1) is 0 Å². The van der Waals surface area contributed by atoms with E-state index in [1.165, 1.54) is 49.7 Å². The predicted molar refractivity (Wildman–Crippen MR) is 138 cm³/mol. The number of hydrogen-bond donors (Lipinski definition) is 0. The number of rotatable bonds is 6. The summed E-state index contributed by atoms with van der Waals surface area (Å²) in [7, 11) is 0. The van der Waals surface area contributed by atoms with Crippen LogP contribution in [0.4, 0.5) is 0 Å². The summed E-state index contributed by atoms with van der Waals surface area (Å²) in [6.45, 7) is 7.18. The summed E-state index contributed by atoms with van der Waals surface area (Å²) in [5, 5.41) is 0. The Morgan fingerprint density at radius 1 is 1.09 bits per heavy atom. The molecule has 180 valence electrons. The normalized spacial score (nSPS) is 31.8. The van der Waals surface area contributed by atoms with E-state index < -0.39 is 0 Å². The fourth-order valence-corrected chi connectivity index (χ4v) is 7.95. The zero-order chi connectivity index (χ0) is 23.1. The Bertz CT molecular complexity index is 1060. The zero-order valence-corrected chi connectivity index (χ0v) is 20.9. The maximum atomic E-state index is 6.36. The summed E-state index contributed by atoms with van der Waals surface area (Å²) >= 11 is 0. The fourth-order valence-electron chi connectivity index (χ4n) is 7.95. The molecule has 0 aromatic heterocycles. The number of nitrogens with zero attached hydrogens (tertiary/aromatic N) is 1. The van der Waals surface area contributed by atoms with Gasteiger partial charge in [-0.3, -0.25) is 4.99 Å². The largest absolute Gasteiger partial charge is 0.489 e. The Labute approximate surface area is 205 Å². The van der Waals surface area contributed by atoms with Gasteiger partial charge in [0.25, 0.3) is 0 Å². The molecule has 3 heteroatoms. The number of benzene rings is 2. The maximum absolute atomic E-state index is 6.36. The van der Waals surface area contributed by atoms with Gasteiger partial charge in [-0.25, -0.2) is 0 Å². The lowest BCUT2D eigenvalue weighted by Gasteiger charge is -2.51. The lowest BCUT2D eigenvalue weighted by molar-refractivity contribution is 0.0291. The van der Waals surface area contributed by atoms with Crippen molar-refractivity contribution in [3.63, 3.8) is 0 Å². The molecule has 2 saturated carbocycles. The van der Waals surface area contributed by atoms with Gasteiger partial charge in [0, 0.05) is 6.42 Å². The number of hydrogen-bond acceptors (Lipinski definition) is 3. The highest BCUT2D eigenvalue weighted by Gasteiger charge is 2.54. The molecule has 3 nitrogen and oxygen atoms in total. The second kappa shape index (κ2) is 9.06. The second-order valence-corrected chi connectivity index (χ2v) is 11.3. The van der Waals surface area contributed by atoms with Gasteiger partial charge in [0.05, 0.1) is 6.54 Å². The number of fused-ring (bicyclic) bond motifs is 5. The van der Waals surface area contributed by atoms with Crippen LogP contribution in [0.2, 0.25) is 0 Å². The van der Waals surface area contributed by atoms with E-state index in [9.17, 15) is 0 Å². The van der Waals surface area contributed by atoms with Gasteiger partial charge in [0.1, 0.15) is 19.0 Å². The Kier molecular flexibility index (Phi) is 5.91. The standard InChI is InChI=1S/C31H39NO2/c1-3-22-17-27-23(18-29(22)34-20-21-7-5-4-6-8-21)9-11-26-25(27)13-14-31(2)24(10-12-28(26)31)19-30-32-15-16-33-30/h4-8,17-18,24-26,28H,3,9-16,19-20H2,1-2H3/t24-,25?,26?,28?,31-/m1/s1. The van der Waals surface area contributed by atoms with Crippen molar-refractivity contribution in [1.29, 1.82) is 0 Å². The summed E-state index contributed by atoms with van der Waals surface area (Å²) in [5.41, 5.74) is 6.27. The van der Waals surface area contributed by atoms with Crippen LogP contribution >= 0.6 is 0 Å². The quantitative estimate of drug-likeness (QED) is 0.462. The summed E-state index contributed by atoms with van der Waals surface area (Å²) in [4.78, 5) is 4.62. The van der Waals surface area contributed by atoms with E-state index in [2.05, 4.69) is 61.3 Å². The Balaban J connectivity index is 1.22. The molecule has 1 aliphatic heterocycles. The van der Waals surface area contributed by atoms with Crippen LogP contribution in [0.1, 0.15) is 80.5 Å². The first-order valence-corrected chi connectivity index (χ1v) is 13.6. The smallest absolute Gasteiger partial charge is 0.183 e. The minimum absolute atomic E-state index is 0.458. The van der Waals surface area contributed by atoms with Crippen molar-refractivity contribution in [2.24, 2.45) is 28.2 Å². The molecule has 0 spiro atoms. The van der Waals surface area contributed by atoms with Crippen LogP contribution in [0, 0.1) is 23.2 Å². The van der Waals surface area contributed by atoms with Crippen LogP contribution in [0.25, 0.3) is 0 Å². The molecule has 0 N–H and O–H groups in total. The molecule has 34 heavy (non-hydrogen) atoms. The molecule has 5 atom stereocenters. The highest BCUT2D eigenvalue weighted by atomic mass is 16.5. The van der Waals surface area contributed by atoms with Crippen LogP contribution in [-0.2, 0) is 24.2 Å². The molecule has 1 heterocycles. The van der Waals surface area contributed by atoms with Crippen molar-refractivity contribution in [1.82, 2.24) is 0 Å². The first kappa shape index (κ1) is 22.2. The van der Waals surface area contributed by atoms with Crippen LogP contribution in [0.3, 0.4) is 0 Å². The van der Waals surface area contributed by atoms with Gasteiger partial charge in [0.15, 0.2) is 5.90 Å². The molecule has 2 fully saturated rings. The summed E-state index contributed by atoms with van der Waals surface area (Å²) in [6.07, 6.45) is 10.1. The van der Waals surface area contributed by atoms with E-state index in [4.69, 9.17) is 9.47 Å². The van der Waals surface area contributed by atoms with Crippen LogP contribution in [-0.4, -0.2) is 19.0 Å². The highest BCUT2D eigenvalue weighted by Crippen LogP contribution is 2.63. The average molecular weight is 458 g/mol. The molecule has 2 aromatic carbocycles. The van der Waals surface area contributed by atoms with Crippen molar-refractivity contribution < 1.29 is 9.47 Å². The third kappa shape index (κ3) is 3.85.